The molecule has 3 aromatic carbocycles. The number of hydrogen-bond acceptors (Lipinski definition) is 4. The Morgan fingerprint density at radius 1 is 0.971 bits per heavy atom. The van der Waals surface area contributed by atoms with E-state index in [9.17, 15) is 9.59 Å². The number of rotatable bonds is 7. The second kappa shape index (κ2) is 10.0. The number of carbonyl (C=O) groups excluding carboxylic acids is 2. The van der Waals surface area contributed by atoms with Crippen molar-refractivity contribution in [2.45, 2.75) is 19.9 Å². The van der Waals surface area contributed by atoms with Crippen LogP contribution in [0.15, 0.2) is 83.9 Å². The van der Waals surface area contributed by atoms with Gasteiger partial charge in [0.2, 0.25) is 0 Å². The minimum atomic E-state index is -0.297. The molecule has 1 aromatic heterocycles. The number of anilines is 1. The summed E-state index contributed by atoms with van der Waals surface area (Å²) in [4.78, 5) is 27.4. The van der Waals surface area contributed by atoms with Crippen LogP contribution in [-0.4, -0.2) is 22.3 Å². The first-order valence-corrected chi connectivity index (χ1v) is 12.5. The van der Waals surface area contributed by atoms with Crippen molar-refractivity contribution in [3.63, 3.8) is 0 Å². The molecule has 0 saturated carbocycles. The van der Waals surface area contributed by atoms with Gasteiger partial charge in [-0.2, -0.15) is 0 Å². The zero-order valence-corrected chi connectivity index (χ0v) is 20.7. The minimum Gasteiger partial charge on any atom is -0.492 e. The molecule has 0 radical (unpaired) electrons. The predicted octanol–water partition coefficient (Wildman–Crippen LogP) is 7.31. The van der Waals surface area contributed by atoms with Crippen molar-refractivity contribution in [1.82, 2.24) is 4.57 Å². The van der Waals surface area contributed by atoms with E-state index in [-0.39, 0.29) is 11.1 Å². The zero-order valence-electron chi connectivity index (χ0n) is 19.1. The van der Waals surface area contributed by atoms with Crippen LogP contribution in [-0.2, 0) is 11.3 Å². The third kappa shape index (κ3) is 4.85. The molecule has 4 aromatic rings. The van der Waals surface area contributed by atoms with Gasteiger partial charge in [-0.25, -0.2) is 4.90 Å². The summed E-state index contributed by atoms with van der Waals surface area (Å²) < 4.78 is 7.98. The van der Waals surface area contributed by atoms with E-state index in [1.807, 2.05) is 73.8 Å². The average molecular weight is 503 g/mol. The van der Waals surface area contributed by atoms with Gasteiger partial charge in [-0.05, 0) is 61.5 Å². The molecular formula is C28H23ClN2O3S. The molecule has 1 aliphatic rings. The number of hydrogen-bond donors (Lipinski definition) is 0. The molecule has 5 nitrogen and oxygen atoms in total. The molecule has 5 rings (SSSR count). The second-order valence-electron chi connectivity index (χ2n) is 8.28. The Kier molecular flexibility index (Phi) is 6.66. The van der Waals surface area contributed by atoms with E-state index in [1.165, 1.54) is 4.90 Å². The quantitative estimate of drug-likeness (QED) is 0.196. The van der Waals surface area contributed by atoms with Crippen LogP contribution in [0, 0.1) is 6.92 Å². The number of para-hydroxylation sites is 2. The van der Waals surface area contributed by atoms with Gasteiger partial charge in [0, 0.05) is 29.2 Å². The summed E-state index contributed by atoms with van der Waals surface area (Å²) in [5.41, 5.74) is 3.63. The molecule has 2 amide bonds. The summed E-state index contributed by atoms with van der Waals surface area (Å²) in [5.74, 6) is 0.380. The summed E-state index contributed by atoms with van der Waals surface area (Å²) in [7, 11) is 0. The summed E-state index contributed by atoms with van der Waals surface area (Å²) in [6.07, 6.45) is 4.63. The van der Waals surface area contributed by atoms with Gasteiger partial charge in [-0.3, -0.25) is 9.59 Å². The molecule has 7 heteroatoms. The van der Waals surface area contributed by atoms with Gasteiger partial charge in [0.1, 0.15) is 5.75 Å². The molecule has 0 atom stereocenters. The Morgan fingerprint density at radius 2 is 1.71 bits per heavy atom. The maximum absolute atomic E-state index is 13.1. The van der Waals surface area contributed by atoms with E-state index in [4.69, 9.17) is 16.3 Å². The lowest BCUT2D eigenvalue weighted by atomic mass is 10.1. The molecule has 0 aliphatic carbocycles. The Morgan fingerprint density at radius 3 is 2.51 bits per heavy atom. The summed E-state index contributed by atoms with van der Waals surface area (Å²) in [5, 5.41) is 1.34. The van der Waals surface area contributed by atoms with E-state index >= 15 is 0 Å². The molecule has 1 fully saturated rings. The van der Waals surface area contributed by atoms with E-state index in [0.29, 0.717) is 28.0 Å². The first-order chi connectivity index (χ1) is 17.0. The fraction of sp³-hybridized carbons (Fsp3) is 0.143. The van der Waals surface area contributed by atoms with Crippen molar-refractivity contribution in [2.24, 2.45) is 0 Å². The lowest BCUT2D eigenvalue weighted by molar-refractivity contribution is -0.113. The van der Waals surface area contributed by atoms with Crippen LogP contribution >= 0.6 is 23.4 Å². The standard InChI is InChI=1S/C28H23ClN2O3S/c1-19-11-13-21(14-12-19)31-27(32)26(35-28(31)33)17-20-18-30(24-9-4-2-7-22(20)24)15-6-16-34-25-10-5-3-8-23(25)29/h2-5,7-14,17-18H,6,15-16H2,1H3/b26-17-. The number of imide groups is 1. The van der Waals surface area contributed by atoms with Gasteiger partial charge < -0.3 is 9.30 Å². The van der Waals surface area contributed by atoms with Crippen molar-refractivity contribution < 1.29 is 14.3 Å². The summed E-state index contributed by atoms with van der Waals surface area (Å²) in [6.45, 7) is 3.24. The van der Waals surface area contributed by atoms with Gasteiger partial charge in [0.15, 0.2) is 0 Å². The maximum atomic E-state index is 13.1. The molecule has 2 heterocycles. The minimum absolute atomic E-state index is 0.287. The van der Waals surface area contributed by atoms with Crippen LogP contribution in [0.5, 0.6) is 5.75 Å². The van der Waals surface area contributed by atoms with Crippen LogP contribution in [0.1, 0.15) is 17.5 Å². The zero-order chi connectivity index (χ0) is 24.4. The number of aryl methyl sites for hydroxylation is 2. The van der Waals surface area contributed by atoms with E-state index in [0.717, 1.165) is 46.8 Å². The number of amides is 2. The number of nitrogens with zero attached hydrogens (tertiary/aromatic N) is 2. The monoisotopic (exact) mass is 502 g/mol. The van der Waals surface area contributed by atoms with Crippen LogP contribution < -0.4 is 9.64 Å². The first-order valence-electron chi connectivity index (χ1n) is 11.3. The molecule has 0 N–H and O–H groups in total. The van der Waals surface area contributed by atoms with Crippen molar-refractivity contribution in [3.05, 3.63) is 100 Å². The van der Waals surface area contributed by atoms with Gasteiger partial charge in [-0.15, -0.1) is 0 Å². The molecule has 1 saturated heterocycles. The molecule has 176 valence electrons. The number of thioether (sulfide) groups is 1. The molecule has 0 spiro atoms. The normalized spacial score (nSPS) is 14.9. The second-order valence-corrected chi connectivity index (χ2v) is 9.68. The number of benzene rings is 3. The molecule has 0 bridgehead atoms. The number of carbonyl (C=O) groups is 2. The van der Waals surface area contributed by atoms with Crippen molar-refractivity contribution in [1.29, 1.82) is 0 Å². The molecule has 0 unspecified atom stereocenters. The van der Waals surface area contributed by atoms with Crippen LogP contribution in [0.25, 0.3) is 17.0 Å². The van der Waals surface area contributed by atoms with Gasteiger partial charge in [0.25, 0.3) is 11.1 Å². The van der Waals surface area contributed by atoms with Crippen molar-refractivity contribution in [2.75, 3.05) is 11.5 Å². The van der Waals surface area contributed by atoms with E-state index in [2.05, 4.69) is 10.6 Å². The average Bonchev–Trinajstić information content (AvgIpc) is 3.35. The van der Waals surface area contributed by atoms with Crippen LogP contribution in [0.4, 0.5) is 10.5 Å². The first kappa shape index (κ1) is 23.3. The van der Waals surface area contributed by atoms with Gasteiger partial charge in [0.05, 0.1) is 22.2 Å². The number of aromatic nitrogens is 1. The molecule has 1 aliphatic heterocycles. The third-order valence-electron chi connectivity index (χ3n) is 5.83. The molecular weight excluding hydrogens is 480 g/mol. The Hall–Kier alpha value is -3.48. The fourth-order valence-electron chi connectivity index (χ4n) is 4.08. The number of fused-ring (bicyclic) bond motifs is 1. The third-order valence-corrected chi connectivity index (χ3v) is 7.01. The van der Waals surface area contributed by atoms with Crippen molar-refractivity contribution >= 4 is 57.2 Å². The lowest BCUT2D eigenvalue weighted by Gasteiger charge is -2.12. The van der Waals surface area contributed by atoms with E-state index < -0.39 is 0 Å². The van der Waals surface area contributed by atoms with Crippen LogP contribution in [0.3, 0.4) is 0 Å². The Bertz CT molecular complexity index is 1440. The summed E-state index contributed by atoms with van der Waals surface area (Å²) in [6, 6.07) is 22.9. The summed E-state index contributed by atoms with van der Waals surface area (Å²) >= 11 is 7.14. The lowest BCUT2D eigenvalue weighted by Crippen LogP contribution is -2.27. The van der Waals surface area contributed by atoms with E-state index in [1.54, 1.807) is 12.1 Å². The van der Waals surface area contributed by atoms with Gasteiger partial charge in [-0.1, -0.05) is 59.6 Å². The largest absolute Gasteiger partial charge is 0.492 e. The smallest absolute Gasteiger partial charge is 0.298 e. The highest BCUT2D eigenvalue weighted by atomic mass is 35.5. The maximum Gasteiger partial charge on any atom is 0.298 e. The number of halogens is 1. The fourth-order valence-corrected chi connectivity index (χ4v) is 5.10. The Labute approximate surface area is 212 Å². The molecule has 35 heavy (non-hydrogen) atoms. The van der Waals surface area contributed by atoms with Gasteiger partial charge >= 0.3 is 0 Å². The highest BCUT2D eigenvalue weighted by molar-refractivity contribution is 8.19. The van der Waals surface area contributed by atoms with Crippen molar-refractivity contribution in [3.8, 4) is 5.75 Å². The Balaban J connectivity index is 1.35. The highest BCUT2D eigenvalue weighted by Crippen LogP contribution is 2.37. The van der Waals surface area contributed by atoms with Crippen LogP contribution in [0.2, 0.25) is 5.02 Å². The number of ether oxygens (including phenoxy) is 1. The predicted molar refractivity (Wildman–Crippen MR) is 143 cm³/mol. The SMILES string of the molecule is Cc1ccc(N2C(=O)S/C(=C\c3cn(CCCOc4ccccc4Cl)c4ccccc34)C2=O)cc1. The highest BCUT2D eigenvalue weighted by Gasteiger charge is 2.36. The topological polar surface area (TPSA) is 51.5 Å².